The standard InChI is InChI=1S/C18H17Cl2N3OS/c1-11-6-7-16(12(2)8-11)21-9-17-22-23-18(24-17)25-10-13-14(19)4-3-5-15(13)20/h3-8,21H,9-10H2,1-2H3. The predicted molar refractivity (Wildman–Crippen MR) is 104 cm³/mol. The second-order valence-corrected chi connectivity index (χ2v) is 7.36. The molecule has 0 aliphatic heterocycles. The minimum Gasteiger partial charge on any atom is -0.414 e. The number of aryl methyl sites for hydroxylation is 2. The molecule has 1 heterocycles. The van der Waals surface area contributed by atoms with Crippen LogP contribution in [0.1, 0.15) is 22.6 Å². The minimum atomic E-state index is 0.476. The first-order valence-corrected chi connectivity index (χ1v) is 9.46. The second kappa shape index (κ2) is 8.13. The van der Waals surface area contributed by atoms with Crippen LogP contribution in [0.25, 0.3) is 0 Å². The molecule has 0 fully saturated rings. The van der Waals surface area contributed by atoms with Crippen LogP contribution in [-0.4, -0.2) is 10.2 Å². The highest BCUT2D eigenvalue weighted by Gasteiger charge is 2.11. The summed E-state index contributed by atoms with van der Waals surface area (Å²) in [6, 6.07) is 11.7. The molecule has 0 bridgehead atoms. The molecule has 0 saturated heterocycles. The van der Waals surface area contributed by atoms with Gasteiger partial charge in [0.25, 0.3) is 5.22 Å². The number of hydrogen-bond acceptors (Lipinski definition) is 5. The Morgan fingerprint density at radius 1 is 1.08 bits per heavy atom. The summed E-state index contributed by atoms with van der Waals surface area (Å²) in [6.45, 7) is 4.62. The Morgan fingerprint density at radius 2 is 1.84 bits per heavy atom. The Labute approximate surface area is 160 Å². The van der Waals surface area contributed by atoms with E-state index in [4.69, 9.17) is 27.6 Å². The Hall–Kier alpha value is -1.69. The first-order chi connectivity index (χ1) is 12.0. The molecule has 130 valence electrons. The zero-order valence-corrected chi connectivity index (χ0v) is 16.2. The molecule has 4 nitrogen and oxygen atoms in total. The third kappa shape index (κ3) is 4.69. The van der Waals surface area contributed by atoms with Crippen molar-refractivity contribution in [2.45, 2.75) is 31.4 Å². The lowest BCUT2D eigenvalue weighted by Gasteiger charge is -2.08. The fraction of sp³-hybridized carbons (Fsp3) is 0.222. The van der Waals surface area contributed by atoms with Crippen LogP contribution < -0.4 is 5.32 Å². The minimum absolute atomic E-state index is 0.476. The predicted octanol–water partition coefficient (Wildman–Crippen LogP) is 5.90. The van der Waals surface area contributed by atoms with Crippen LogP contribution in [0.3, 0.4) is 0 Å². The van der Waals surface area contributed by atoms with Crippen molar-refractivity contribution in [3.8, 4) is 0 Å². The third-order valence-electron chi connectivity index (χ3n) is 3.66. The molecule has 0 aliphatic carbocycles. The van der Waals surface area contributed by atoms with Crippen LogP contribution >= 0.6 is 35.0 Å². The molecule has 7 heteroatoms. The summed E-state index contributed by atoms with van der Waals surface area (Å²) in [7, 11) is 0. The quantitative estimate of drug-likeness (QED) is 0.528. The van der Waals surface area contributed by atoms with Gasteiger partial charge in [0.1, 0.15) is 0 Å². The van der Waals surface area contributed by atoms with Gasteiger partial charge in [-0.05, 0) is 43.2 Å². The molecule has 3 aromatic rings. The second-order valence-electron chi connectivity index (χ2n) is 5.62. The van der Waals surface area contributed by atoms with Gasteiger partial charge >= 0.3 is 0 Å². The summed E-state index contributed by atoms with van der Waals surface area (Å²) < 4.78 is 5.66. The number of aromatic nitrogens is 2. The number of nitrogens with zero attached hydrogens (tertiary/aromatic N) is 2. The normalized spacial score (nSPS) is 10.9. The van der Waals surface area contributed by atoms with Gasteiger partial charge in [-0.25, -0.2) is 0 Å². The monoisotopic (exact) mass is 393 g/mol. The number of anilines is 1. The zero-order chi connectivity index (χ0) is 17.8. The van der Waals surface area contributed by atoms with Gasteiger partial charge in [0.05, 0.1) is 6.54 Å². The van der Waals surface area contributed by atoms with Gasteiger partial charge in [0, 0.05) is 21.5 Å². The van der Waals surface area contributed by atoms with Gasteiger partial charge in [-0.1, -0.05) is 58.7 Å². The molecule has 1 aromatic heterocycles. The van der Waals surface area contributed by atoms with Crippen LogP contribution in [0.2, 0.25) is 10.0 Å². The first-order valence-electron chi connectivity index (χ1n) is 7.72. The fourth-order valence-electron chi connectivity index (χ4n) is 2.35. The van der Waals surface area contributed by atoms with Gasteiger partial charge in [-0.15, -0.1) is 10.2 Å². The Morgan fingerprint density at radius 3 is 2.56 bits per heavy atom. The molecule has 0 unspecified atom stereocenters. The molecule has 0 radical (unpaired) electrons. The van der Waals surface area contributed by atoms with Gasteiger partial charge < -0.3 is 9.73 Å². The van der Waals surface area contributed by atoms with Gasteiger partial charge in [0.15, 0.2) is 0 Å². The van der Waals surface area contributed by atoms with E-state index >= 15 is 0 Å². The van der Waals surface area contributed by atoms with E-state index in [9.17, 15) is 0 Å². The van der Waals surface area contributed by atoms with Crippen molar-refractivity contribution in [3.63, 3.8) is 0 Å². The van der Waals surface area contributed by atoms with Crippen molar-refractivity contribution in [1.82, 2.24) is 10.2 Å². The van der Waals surface area contributed by atoms with Crippen molar-refractivity contribution in [2.75, 3.05) is 5.32 Å². The van der Waals surface area contributed by atoms with E-state index in [1.165, 1.54) is 22.9 Å². The van der Waals surface area contributed by atoms with Crippen LogP contribution in [0.5, 0.6) is 0 Å². The SMILES string of the molecule is Cc1ccc(NCc2nnc(SCc3c(Cl)cccc3Cl)o2)c(C)c1. The average molecular weight is 394 g/mol. The van der Waals surface area contributed by atoms with E-state index in [0.717, 1.165) is 11.3 Å². The Balaban J connectivity index is 1.59. The highest BCUT2D eigenvalue weighted by Crippen LogP contribution is 2.31. The molecule has 25 heavy (non-hydrogen) atoms. The fourth-order valence-corrected chi connectivity index (χ4v) is 3.88. The highest BCUT2D eigenvalue weighted by atomic mass is 35.5. The Kier molecular flexibility index (Phi) is 5.89. The molecule has 2 aromatic carbocycles. The molecule has 0 amide bonds. The lowest BCUT2D eigenvalue weighted by Crippen LogP contribution is -2.01. The van der Waals surface area contributed by atoms with Crippen LogP contribution in [-0.2, 0) is 12.3 Å². The molecule has 0 aliphatic rings. The maximum atomic E-state index is 6.17. The maximum absolute atomic E-state index is 6.17. The van der Waals surface area contributed by atoms with Crippen molar-refractivity contribution in [2.24, 2.45) is 0 Å². The van der Waals surface area contributed by atoms with Crippen molar-refractivity contribution < 1.29 is 4.42 Å². The van der Waals surface area contributed by atoms with Crippen LogP contribution in [0.15, 0.2) is 46.0 Å². The summed E-state index contributed by atoms with van der Waals surface area (Å²) in [6.07, 6.45) is 0. The average Bonchev–Trinajstić information content (AvgIpc) is 3.01. The molecular formula is C18H17Cl2N3OS. The van der Waals surface area contributed by atoms with Crippen molar-refractivity contribution in [3.05, 3.63) is 69.0 Å². The van der Waals surface area contributed by atoms with Crippen molar-refractivity contribution >= 4 is 40.7 Å². The van der Waals surface area contributed by atoms with Gasteiger partial charge in [-0.2, -0.15) is 0 Å². The summed E-state index contributed by atoms with van der Waals surface area (Å²) in [5.41, 5.74) is 4.34. The van der Waals surface area contributed by atoms with Gasteiger partial charge in [0.2, 0.25) is 5.89 Å². The van der Waals surface area contributed by atoms with E-state index in [1.807, 2.05) is 18.2 Å². The highest BCUT2D eigenvalue weighted by molar-refractivity contribution is 7.98. The number of hydrogen-bond donors (Lipinski definition) is 1. The molecule has 0 atom stereocenters. The van der Waals surface area contributed by atoms with E-state index in [2.05, 4.69) is 47.6 Å². The first kappa shape index (κ1) is 18.1. The maximum Gasteiger partial charge on any atom is 0.276 e. The largest absolute Gasteiger partial charge is 0.414 e. The molecule has 1 N–H and O–H groups in total. The molecular weight excluding hydrogens is 377 g/mol. The molecule has 0 saturated carbocycles. The van der Waals surface area contributed by atoms with Crippen LogP contribution in [0, 0.1) is 13.8 Å². The van der Waals surface area contributed by atoms with E-state index in [0.29, 0.717) is 33.5 Å². The molecule has 3 rings (SSSR count). The topological polar surface area (TPSA) is 51.0 Å². The third-order valence-corrected chi connectivity index (χ3v) is 5.22. The molecule has 0 spiro atoms. The van der Waals surface area contributed by atoms with Crippen LogP contribution in [0.4, 0.5) is 5.69 Å². The number of benzene rings is 2. The zero-order valence-electron chi connectivity index (χ0n) is 13.8. The summed E-state index contributed by atoms with van der Waals surface area (Å²) in [5, 5.41) is 13.2. The van der Waals surface area contributed by atoms with E-state index in [1.54, 1.807) is 0 Å². The summed E-state index contributed by atoms with van der Waals surface area (Å²) in [5.74, 6) is 1.11. The summed E-state index contributed by atoms with van der Waals surface area (Å²) in [4.78, 5) is 0. The van der Waals surface area contributed by atoms with E-state index in [-0.39, 0.29) is 0 Å². The lowest BCUT2D eigenvalue weighted by molar-refractivity contribution is 0.418. The number of rotatable bonds is 6. The lowest BCUT2D eigenvalue weighted by atomic mass is 10.1. The van der Waals surface area contributed by atoms with Gasteiger partial charge in [-0.3, -0.25) is 0 Å². The Bertz CT molecular complexity index is 862. The number of thioether (sulfide) groups is 1. The van der Waals surface area contributed by atoms with Crippen molar-refractivity contribution in [1.29, 1.82) is 0 Å². The number of halogens is 2. The van der Waals surface area contributed by atoms with E-state index < -0.39 is 0 Å². The smallest absolute Gasteiger partial charge is 0.276 e. The number of nitrogens with one attached hydrogen (secondary N) is 1. The summed E-state index contributed by atoms with van der Waals surface area (Å²) >= 11 is 13.8.